The highest BCUT2D eigenvalue weighted by molar-refractivity contribution is 6.17. The van der Waals surface area contributed by atoms with Gasteiger partial charge in [0.25, 0.3) is 0 Å². The Morgan fingerprint density at radius 3 is 2.75 bits per heavy atom. The first-order valence-corrected chi connectivity index (χ1v) is 3.55. The minimum Gasteiger partial charge on any atom is -0.377 e. The summed E-state index contributed by atoms with van der Waals surface area (Å²) in [7, 11) is 0. The Morgan fingerprint density at radius 2 is 2.38 bits per heavy atom. The van der Waals surface area contributed by atoms with E-state index in [1.165, 1.54) is 6.42 Å². The lowest BCUT2D eigenvalue weighted by atomic mass is 10.5. The maximum atomic E-state index is 5.40. The number of hydrogen-bond donors (Lipinski definition) is 0. The maximum Gasteiger partial charge on any atom is 0.0605 e. The minimum atomic E-state index is 0.536. The Labute approximate surface area is 55.0 Å². The van der Waals surface area contributed by atoms with Crippen LogP contribution >= 0.6 is 11.6 Å². The summed E-state index contributed by atoms with van der Waals surface area (Å²) in [6.45, 7) is 2.91. The van der Waals surface area contributed by atoms with E-state index in [2.05, 4.69) is 6.92 Å². The molecule has 48 valence electrons. The van der Waals surface area contributed by atoms with E-state index in [1.54, 1.807) is 0 Å². The molecule has 1 nitrogen and oxygen atoms in total. The van der Waals surface area contributed by atoms with E-state index in [1.807, 2.05) is 0 Å². The van der Waals surface area contributed by atoms with Crippen LogP contribution in [0.3, 0.4) is 0 Å². The molecule has 0 spiro atoms. The summed E-state index contributed by atoms with van der Waals surface area (Å²) in [4.78, 5) is 0. The molecular weight excluding hydrogens is 124 g/mol. The number of ether oxygens (including phenoxy) is 1. The fourth-order valence-corrected chi connectivity index (χ4v) is 0.805. The highest BCUT2D eigenvalue weighted by Crippen LogP contribution is 2.32. The summed E-state index contributed by atoms with van der Waals surface area (Å²) >= 11 is 5.40. The zero-order chi connectivity index (χ0) is 5.98. The second kappa shape index (κ2) is 2.70. The van der Waals surface area contributed by atoms with Gasteiger partial charge in [0.15, 0.2) is 0 Å². The molecule has 0 aromatic heterocycles. The highest BCUT2D eigenvalue weighted by atomic mass is 35.5. The Balaban J connectivity index is 1.89. The zero-order valence-electron chi connectivity index (χ0n) is 5.06. The van der Waals surface area contributed by atoms with Gasteiger partial charge >= 0.3 is 0 Å². The molecule has 2 atom stereocenters. The van der Waals surface area contributed by atoms with E-state index in [4.69, 9.17) is 16.3 Å². The van der Waals surface area contributed by atoms with Crippen LogP contribution in [-0.2, 0) is 4.74 Å². The van der Waals surface area contributed by atoms with Crippen molar-refractivity contribution in [1.29, 1.82) is 0 Å². The first-order valence-electron chi connectivity index (χ1n) is 3.02. The van der Waals surface area contributed by atoms with Crippen molar-refractivity contribution in [2.75, 3.05) is 12.5 Å². The summed E-state index contributed by atoms with van der Waals surface area (Å²) in [6, 6.07) is 0. The monoisotopic (exact) mass is 134 g/mol. The van der Waals surface area contributed by atoms with Crippen LogP contribution in [0.15, 0.2) is 0 Å². The third kappa shape index (κ3) is 1.64. The second-order valence-electron chi connectivity index (χ2n) is 2.31. The van der Waals surface area contributed by atoms with Crippen molar-refractivity contribution in [3.05, 3.63) is 0 Å². The van der Waals surface area contributed by atoms with Crippen molar-refractivity contribution in [1.82, 2.24) is 0 Å². The topological polar surface area (TPSA) is 9.23 Å². The SMILES string of the molecule is C[C@@H]1C[C@H]1OCCCl. The van der Waals surface area contributed by atoms with Gasteiger partial charge in [-0.2, -0.15) is 0 Å². The normalized spacial score (nSPS) is 35.2. The second-order valence-corrected chi connectivity index (χ2v) is 2.69. The number of halogens is 1. The molecule has 0 bridgehead atoms. The fraction of sp³-hybridized carbons (Fsp3) is 1.00. The predicted molar refractivity (Wildman–Crippen MR) is 34.2 cm³/mol. The van der Waals surface area contributed by atoms with Gasteiger partial charge in [0.1, 0.15) is 0 Å². The summed E-state index contributed by atoms with van der Waals surface area (Å²) in [6.07, 6.45) is 1.77. The van der Waals surface area contributed by atoms with Gasteiger partial charge in [0.2, 0.25) is 0 Å². The largest absolute Gasteiger partial charge is 0.377 e. The molecule has 1 saturated carbocycles. The van der Waals surface area contributed by atoms with Crippen LogP contribution in [0.2, 0.25) is 0 Å². The Morgan fingerprint density at radius 1 is 1.75 bits per heavy atom. The number of hydrogen-bond acceptors (Lipinski definition) is 1. The van der Waals surface area contributed by atoms with Gasteiger partial charge in [0.05, 0.1) is 12.7 Å². The van der Waals surface area contributed by atoms with E-state index >= 15 is 0 Å². The predicted octanol–water partition coefficient (Wildman–Crippen LogP) is 1.65. The third-order valence-electron chi connectivity index (χ3n) is 1.44. The molecule has 1 aliphatic carbocycles. The van der Waals surface area contributed by atoms with Gasteiger partial charge in [-0.15, -0.1) is 11.6 Å². The Hall–Kier alpha value is 0.250. The van der Waals surface area contributed by atoms with Crippen LogP contribution in [0.25, 0.3) is 0 Å². The number of rotatable bonds is 3. The van der Waals surface area contributed by atoms with Crippen molar-refractivity contribution >= 4 is 11.6 Å². The van der Waals surface area contributed by atoms with Gasteiger partial charge < -0.3 is 4.74 Å². The van der Waals surface area contributed by atoms with E-state index in [9.17, 15) is 0 Å². The van der Waals surface area contributed by atoms with Gasteiger partial charge in [-0.05, 0) is 12.3 Å². The van der Waals surface area contributed by atoms with Crippen LogP contribution in [0.5, 0.6) is 0 Å². The van der Waals surface area contributed by atoms with Crippen LogP contribution in [0.4, 0.5) is 0 Å². The first-order chi connectivity index (χ1) is 3.84. The minimum absolute atomic E-state index is 0.536. The molecule has 0 heterocycles. The van der Waals surface area contributed by atoms with E-state index < -0.39 is 0 Å². The van der Waals surface area contributed by atoms with Crippen LogP contribution < -0.4 is 0 Å². The third-order valence-corrected chi connectivity index (χ3v) is 1.60. The smallest absolute Gasteiger partial charge is 0.0605 e. The molecule has 2 heteroatoms. The summed E-state index contributed by atoms with van der Waals surface area (Å²) in [5.74, 6) is 1.42. The quantitative estimate of drug-likeness (QED) is 0.534. The highest BCUT2D eigenvalue weighted by Gasteiger charge is 2.33. The molecule has 0 saturated heterocycles. The van der Waals surface area contributed by atoms with Crippen LogP contribution in [0.1, 0.15) is 13.3 Å². The van der Waals surface area contributed by atoms with E-state index in [0.717, 1.165) is 12.5 Å². The average Bonchev–Trinajstić information content (AvgIpc) is 2.42. The van der Waals surface area contributed by atoms with Crippen molar-refractivity contribution in [2.45, 2.75) is 19.4 Å². The van der Waals surface area contributed by atoms with Gasteiger partial charge in [0, 0.05) is 5.88 Å². The molecule has 0 aromatic carbocycles. The molecule has 1 fully saturated rings. The molecule has 0 aliphatic heterocycles. The number of alkyl halides is 1. The van der Waals surface area contributed by atoms with Crippen LogP contribution in [0, 0.1) is 5.92 Å². The molecule has 1 aliphatic rings. The fourth-order valence-electron chi connectivity index (χ4n) is 0.716. The molecule has 0 unspecified atom stereocenters. The maximum absolute atomic E-state index is 5.40. The zero-order valence-corrected chi connectivity index (χ0v) is 5.82. The molecule has 0 radical (unpaired) electrons. The lowest BCUT2D eigenvalue weighted by Gasteiger charge is -1.95. The van der Waals surface area contributed by atoms with Gasteiger partial charge in [-0.1, -0.05) is 6.92 Å². The standard InChI is InChI=1S/C6H11ClO/c1-5-4-6(5)8-3-2-7/h5-6H,2-4H2,1H3/t5-,6-/m1/s1. The molecule has 0 aromatic rings. The molecule has 8 heavy (non-hydrogen) atoms. The lowest BCUT2D eigenvalue weighted by Crippen LogP contribution is -1.98. The van der Waals surface area contributed by atoms with Crippen molar-refractivity contribution in [3.8, 4) is 0 Å². The summed E-state index contributed by atoms with van der Waals surface area (Å²) in [5, 5.41) is 0. The Kier molecular flexibility index (Phi) is 2.15. The first kappa shape index (κ1) is 6.37. The van der Waals surface area contributed by atoms with E-state index in [0.29, 0.717) is 12.0 Å². The molecule has 0 N–H and O–H groups in total. The van der Waals surface area contributed by atoms with E-state index in [-0.39, 0.29) is 0 Å². The van der Waals surface area contributed by atoms with Crippen molar-refractivity contribution in [3.63, 3.8) is 0 Å². The van der Waals surface area contributed by atoms with Crippen molar-refractivity contribution in [2.24, 2.45) is 5.92 Å². The van der Waals surface area contributed by atoms with Gasteiger partial charge in [-0.3, -0.25) is 0 Å². The van der Waals surface area contributed by atoms with Gasteiger partial charge in [-0.25, -0.2) is 0 Å². The summed E-state index contributed by atoms with van der Waals surface area (Å²) in [5.41, 5.74) is 0. The molecular formula is C6H11ClO. The Bertz CT molecular complexity index is 74.9. The molecule has 1 rings (SSSR count). The molecule has 0 amide bonds. The summed E-state index contributed by atoms with van der Waals surface area (Å²) < 4.78 is 5.28. The average molecular weight is 135 g/mol. The van der Waals surface area contributed by atoms with Crippen LogP contribution in [-0.4, -0.2) is 18.6 Å². The van der Waals surface area contributed by atoms with Crippen molar-refractivity contribution < 1.29 is 4.74 Å². The lowest BCUT2D eigenvalue weighted by molar-refractivity contribution is 0.125.